The fraction of sp³-hybridized carbons (Fsp3) is 0.273. The van der Waals surface area contributed by atoms with Gasteiger partial charge in [0.05, 0.1) is 5.56 Å². The fourth-order valence-corrected chi connectivity index (χ4v) is 3.97. The summed E-state index contributed by atoms with van der Waals surface area (Å²) in [5.41, 5.74) is -0.778. The van der Waals surface area contributed by atoms with Crippen molar-refractivity contribution in [2.75, 3.05) is 0 Å². The molecule has 2 N–H and O–H groups in total. The van der Waals surface area contributed by atoms with Gasteiger partial charge >= 0.3 is 6.18 Å². The molecule has 2 aromatic carbocycles. The Kier molecular flexibility index (Phi) is 5.64. The summed E-state index contributed by atoms with van der Waals surface area (Å²) in [5.74, 6) is -4.26. The van der Waals surface area contributed by atoms with Gasteiger partial charge in [0.25, 0.3) is 11.8 Å². The van der Waals surface area contributed by atoms with Crippen LogP contribution in [0.25, 0.3) is 0 Å². The molecule has 0 aliphatic carbocycles. The number of benzene rings is 2. The summed E-state index contributed by atoms with van der Waals surface area (Å²) >= 11 is 0. The summed E-state index contributed by atoms with van der Waals surface area (Å²) in [6.07, 6.45) is -4.72. The van der Waals surface area contributed by atoms with Crippen LogP contribution in [0.3, 0.4) is 0 Å². The lowest BCUT2D eigenvalue weighted by Gasteiger charge is -2.29. The van der Waals surface area contributed by atoms with Gasteiger partial charge in [-0.1, -0.05) is 30.3 Å². The Hall–Kier alpha value is -3.76. The number of hydrogen-bond acceptors (Lipinski definition) is 4. The number of hydrogen-bond donors (Lipinski definition) is 2. The number of carbonyl (C=O) groups excluding carboxylic acids is 4. The summed E-state index contributed by atoms with van der Waals surface area (Å²) in [6.45, 7) is -0.150. The van der Waals surface area contributed by atoms with Crippen LogP contribution in [-0.2, 0) is 16.1 Å². The minimum absolute atomic E-state index is 0.0247. The van der Waals surface area contributed by atoms with Gasteiger partial charge in [-0.05, 0) is 29.7 Å². The van der Waals surface area contributed by atoms with E-state index >= 15 is 0 Å². The fourth-order valence-electron chi connectivity index (χ4n) is 3.97. The second-order valence-corrected chi connectivity index (χ2v) is 7.75. The van der Waals surface area contributed by atoms with Gasteiger partial charge in [0.15, 0.2) is 6.04 Å². The zero-order valence-electron chi connectivity index (χ0n) is 16.9. The molecule has 0 aromatic heterocycles. The second kappa shape index (κ2) is 8.30. The molecular formula is C22H17F4N3O4. The van der Waals surface area contributed by atoms with Crippen molar-refractivity contribution in [3.63, 3.8) is 0 Å². The van der Waals surface area contributed by atoms with Crippen molar-refractivity contribution in [3.8, 4) is 0 Å². The Morgan fingerprint density at radius 2 is 1.82 bits per heavy atom. The average Bonchev–Trinajstić information content (AvgIpc) is 3.06. The molecule has 4 rings (SSSR count). The Morgan fingerprint density at radius 1 is 1.12 bits per heavy atom. The highest BCUT2D eigenvalue weighted by Gasteiger charge is 2.43. The van der Waals surface area contributed by atoms with E-state index < -0.39 is 53.3 Å². The van der Waals surface area contributed by atoms with Gasteiger partial charge < -0.3 is 10.2 Å². The monoisotopic (exact) mass is 463 g/mol. The number of carbonyl (C=O) groups is 4. The van der Waals surface area contributed by atoms with Gasteiger partial charge in [0.1, 0.15) is 11.9 Å². The number of rotatable bonds is 4. The van der Waals surface area contributed by atoms with Crippen LogP contribution in [0.4, 0.5) is 17.6 Å². The molecule has 11 heteroatoms. The van der Waals surface area contributed by atoms with Crippen molar-refractivity contribution in [3.05, 3.63) is 70.5 Å². The van der Waals surface area contributed by atoms with Crippen molar-refractivity contribution in [1.29, 1.82) is 0 Å². The highest BCUT2D eigenvalue weighted by atomic mass is 19.4. The summed E-state index contributed by atoms with van der Waals surface area (Å²) < 4.78 is 55.3. The van der Waals surface area contributed by atoms with Gasteiger partial charge in [0, 0.05) is 18.5 Å². The quantitative estimate of drug-likeness (QED) is 0.538. The number of alkyl halides is 3. The van der Waals surface area contributed by atoms with E-state index in [1.165, 1.54) is 30.3 Å². The van der Waals surface area contributed by atoms with E-state index in [9.17, 15) is 36.7 Å². The highest BCUT2D eigenvalue weighted by Crippen LogP contribution is 2.34. The van der Waals surface area contributed by atoms with Gasteiger partial charge in [-0.15, -0.1) is 0 Å². The number of piperidine rings is 1. The molecule has 0 bridgehead atoms. The highest BCUT2D eigenvalue weighted by molar-refractivity contribution is 6.06. The number of imide groups is 1. The van der Waals surface area contributed by atoms with E-state index in [-0.39, 0.29) is 36.1 Å². The largest absolute Gasteiger partial charge is 0.412 e. The normalized spacial score (nSPS) is 19.2. The third-order valence-electron chi connectivity index (χ3n) is 5.59. The SMILES string of the molecule is O=C1CCC(N2Cc3cc(C(=O)N[C@H](c4ccccc4)C(F)(F)F)c(F)cc3C2=O)C(=O)N1. The molecule has 1 fully saturated rings. The van der Waals surface area contributed by atoms with Gasteiger partial charge in [-0.25, -0.2) is 4.39 Å². The summed E-state index contributed by atoms with van der Waals surface area (Å²) in [6, 6.07) is 5.14. The number of amides is 4. The Morgan fingerprint density at radius 3 is 2.45 bits per heavy atom. The molecule has 33 heavy (non-hydrogen) atoms. The third-order valence-corrected chi connectivity index (χ3v) is 5.59. The van der Waals surface area contributed by atoms with Gasteiger partial charge in [-0.3, -0.25) is 24.5 Å². The molecule has 0 spiro atoms. The maximum Gasteiger partial charge on any atom is 0.412 e. The summed E-state index contributed by atoms with van der Waals surface area (Å²) in [5, 5.41) is 3.94. The first-order valence-electron chi connectivity index (χ1n) is 9.96. The molecule has 2 aliphatic heterocycles. The molecule has 1 unspecified atom stereocenters. The lowest BCUT2D eigenvalue weighted by molar-refractivity contribution is -0.155. The number of fused-ring (bicyclic) bond motifs is 1. The Balaban J connectivity index is 1.59. The van der Waals surface area contributed by atoms with Crippen LogP contribution < -0.4 is 10.6 Å². The maximum atomic E-state index is 14.7. The predicted molar refractivity (Wildman–Crippen MR) is 105 cm³/mol. The number of nitrogens with zero attached hydrogens (tertiary/aromatic N) is 1. The Labute approximate surface area is 184 Å². The minimum atomic E-state index is -4.83. The molecule has 0 saturated carbocycles. The van der Waals surface area contributed by atoms with Crippen LogP contribution in [0.2, 0.25) is 0 Å². The molecule has 4 amide bonds. The number of halogens is 4. The second-order valence-electron chi connectivity index (χ2n) is 7.75. The van der Waals surface area contributed by atoms with Crippen molar-refractivity contribution in [1.82, 2.24) is 15.5 Å². The van der Waals surface area contributed by atoms with Crippen molar-refractivity contribution < 1.29 is 36.7 Å². The average molecular weight is 463 g/mol. The lowest BCUT2D eigenvalue weighted by atomic mass is 10.0. The molecular weight excluding hydrogens is 446 g/mol. The standard InChI is InChI=1S/C22H17F4N3O4/c23-15-9-13-12(10-29(21(13)33)16-6-7-17(30)27-20(16)32)8-14(15)19(31)28-18(22(24,25)26)11-4-2-1-3-5-11/h1-5,8-9,16,18H,6-7,10H2,(H,28,31)(H,27,30,32)/t16?,18-/m1/s1. The van der Waals surface area contributed by atoms with E-state index in [0.29, 0.717) is 0 Å². The first-order valence-corrected chi connectivity index (χ1v) is 9.96. The van der Waals surface area contributed by atoms with Gasteiger partial charge in [0.2, 0.25) is 11.8 Å². The minimum Gasteiger partial charge on any atom is -0.337 e. The Bertz CT molecular complexity index is 1150. The maximum absolute atomic E-state index is 14.7. The molecule has 2 aromatic rings. The molecule has 2 atom stereocenters. The molecule has 7 nitrogen and oxygen atoms in total. The zero-order valence-corrected chi connectivity index (χ0v) is 16.9. The summed E-state index contributed by atoms with van der Waals surface area (Å²) in [7, 11) is 0. The number of nitrogens with one attached hydrogen (secondary N) is 2. The first-order chi connectivity index (χ1) is 15.6. The van der Waals surface area contributed by atoms with Gasteiger partial charge in [-0.2, -0.15) is 13.2 Å². The van der Waals surface area contributed by atoms with E-state index in [0.717, 1.165) is 17.0 Å². The molecule has 0 radical (unpaired) electrons. The van der Waals surface area contributed by atoms with E-state index in [1.54, 1.807) is 0 Å². The van der Waals surface area contributed by atoms with Crippen LogP contribution >= 0.6 is 0 Å². The third kappa shape index (κ3) is 4.30. The molecule has 2 aliphatic rings. The van der Waals surface area contributed by atoms with Crippen LogP contribution in [0.15, 0.2) is 42.5 Å². The smallest absolute Gasteiger partial charge is 0.337 e. The molecule has 172 valence electrons. The van der Waals surface area contributed by atoms with E-state index in [4.69, 9.17) is 0 Å². The van der Waals surface area contributed by atoms with Crippen molar-refractivity contribution in [2.45, 2.75) is 37.6 Å². The van der Waals surface area contributed by atoms with E-state index in [2.05, 4.69) is 5.32 Å². The topological polar surface area (TPSA) is 95.6 Å². The summed E-state index contributed by atoms with van der Waals surface area (Å²) in [4.78, 5) is 49.9. The first kappa shape index (κ1) is 22.4. The zero-order chi connectivity index (χ0) is 23.9. The predicted octanol–water partition coefficient (Wildman–Crippen LogP) is 2.62. The van der Waals surface area contributed by atoms with Crippen LogP contribution in [-0.4, -0.2) is 40.7 Å². The van der Waals surface area contributed by atoms with E-state index in [1.807, 2.05) is 5.32 Å². The van der Waals surface area contributed by atoms with Crippen LogP contribution in [0.1, 0.15) is 50.7 Å². The lowest BCUT2D eigenvalue weighted by Crippen LogP contribution is -2.52. The van der Waals surface area contributed by atoms with Crippen molar-refractivity contribution in [2.24, 2.45) is 0 Å². The van der Waals surface area contributed by atoms with Crippen LogP contribution in [0, 0.1) is 5.82 Å². The van der Waals surface area contributed by atoms with Crippen molar-refractivity contribution >= 4 is 23.6 Å². The molecule has 1 saturated heterocycles. The molecule has 2 heterocycles. The van der Waals surface area contributed by atoms with Crippen LogP contribution in [0.5, 0.6) is 0 Å².